The number of amides is 3. The van der Waals surface area contributed by atoms with Crippen molar-refractivity contribution in [3.05, 3.63) is 30.0 Å². The summed E-state index contributed by atoms with van der Waals surface area (Å²) in [4.78, 5) is 43.2. The second-order valence-corrected chi connectivity index (χ2v) is 8.97. The number of hydrogen-bond acceptors (Lipinski definition) is 5. The van der Waals surface area contributed by atoms with E-state index in [0.29, 0.717) is 37.4 Å². The number of nitrogens with zero attached hydrogens (tertiary/aromatic N) is 2. The topological polar surface area (TPSA) is 127 Å². The van der Waals surface area contributed by atoms with Crippen molar-refractivity contribution in [1.82, 2.24) is 20.5 Å². The number of piperidine rings is 1. The fourth-order valence-corrected chi connectivity index (χ4v) is 4.85. The van der Waals surface area contributed by atoms with Crippen LogP contribution >= 0.6 is 0 Å². The number of benzene rings is 1. The van der Waals surface area contributed by atoms with Gasteiger partial charge in [-0.1, -0.05) is 13.0 Å². The van der Waals surface area contributed by atoms with Gasteiger partial charge in [-0.05, 0) is 49.8 Å². The minimum Gasteiger partial charge on any atom is -0.496 e. The number of fused-ring (bicyclic) bond motifs is 1. The number of aromatic amines is 1. The molecule has 3 N–H and O–H groups in total. The number of carbonyl (C=O) groups is 3. The predicted molar refractivity (Wildman–Crippen MR) is 121 cm³/mol. The van der Waals surface area contributed by atoms with Crippen molar-refractivity contribution >= 4 is 28.6 Å². The summed E-state index contributed by atoms with van der Waals surface area (Å²) in [6.07, 6.45) is 2.35. The summed E-state index contributed by atoms with van der Waals surface area (Å²) in [7, 11) is 1.58. The Labute approximate surface area is 192 Å². The first-order valence-corrected chi connectivity index (χ1v) is 11.4. The minimum absolute atomic E-state index is 0.0729. The molecule has 9 nitrogen and oxygen atoms in total. The Morgan fingerprint density at radius 1 is 1.39 bits per heavy atom. The van der Waals surface area contributed by atoms with Crippen LogP contribution in [0.3, 0.4) is 0 Å². The molecular formula is C24H29N5O4. The van der Waals surface area contributed by atoms with Gasteiger partial charge in [0.2, 0.25) is 11.8 Å². The average Bonchev–Trinajstić information content (AvgIpc) is 3.43. The SMILES string of the molecule is COc1cccc2[nH]c(C(=O)N3C[C@H](C)C[C@H]3C(=O)N[C@H](C#N)C[C@@H]3CCCNC3=O)cc12. The van der Waals surface area contributed by atoms with Gasteiger partial charge in [0.25, 0.3) is 5.91 Å². The Kier molecular flexibility index (Phi) is 6.54. The third-order valence-corrected chi connectivity index (χ3v) is 6.54. The van der Waals surface area contributed by atoms with Gasteiger partial charge < -0.3 is 25.3 Å². The number of carbonyl (C=O) groups excluding carboxylic acids is 3. The molecule has 0 spiro atoms. The van der Waals surface area contributed by atoms with Crippen molar-refractivity contribution in [3.8, 4) is 11.8 Å². The van der Waals surface area contributed by atoms with E-state index in [2.05, 4.69) is 21.7 Å². The van der Waals surface area contributed by atoms with Gasteiger partial charge in [0, 0.05) is 29.9 Å². The van der Waals surface area contributed by atoms with Crippen molar-refractivity contribution in [2.45, 2.75) is 44.7 Å². The molecule has 33 heavy (non-hydrogen) atoms. The highest BCUT2D eigenvalue weighted by Crippen LogP contribution is 2.29. The van der Waals surface area contributed by atoms with Crippen LogP contribution in [-0.2, 0) is 9.59 Å². The van der Waals surface area contributed by atoms with E-state index < -0.39 is 12.1 Å². The monoisotopic (exact) mass is 451 g/mol. The molecule has 2 aromatic rings. The highest BCUT2D eigenvalue weighted by Gasteiger charge is 2.39. The van der Waals surface area contributed by atoms with Crippen molar-refractivity contribution in [2.75, 3.05) is 20.2 Å². The Hall–Kier alpha value is -3.54. The molecule has 2 aliphatic rings. The molecule has 0 unspecified atom stereocenters. The molecule has 2 fully saturated rings. The van der Waals surface area contributed by atoms with E-state index in [-0.39, 0.29) is 36.0 Å². The first kappa shape index (κ1) is 22.6. The highest BCUT2D eigenvalue weighted by atomic mass is 16.5. The number of nitrogens with one attached hydrogen (secondary N) is 3. The van der Waals surface area contributed by atoms with Gasteiger partial charge in [-0.2, -0.15) is 5.26 Å². The van der Waals surface area contributed by atoms with E-state index in [1.54, 1.807) is 18.1 Å². The van der Waals surface area contributed by atoms with Crippen LogP contribution in [0.5, 0.6) is 5.75 Å². The van der Waals surface area contributed by atoms with Gasteiger partial charge in [0.1, 0.15) is 23.5 Å². The van der Waals surface area contributed by atoms with Gasteiger partial charge in [-0.25, -0.2) is 0 Å². The smallest absolute Gasteiger partial charge is 0.270 e. The number of nitriles is 1. The standard InChI is InChI=1S/C24H29N5O4/c1-14-9-20(23(31)27-16(12-25)10-15-5-4-8-26-22(15)30)29(13-14)24(32)19-11-17-18(28-19)6-3-7-21(17)33-2/h3,6-7,11,14-16,20,28H,4-5,8-10,13H2,1-2H3,(H,26,30)(H,27,31)/t14-,15+,16+,20+/m1/s1. The molecule has 0 bridgehead atoms. The second-order valence-electron chi connectivity index (χ2n) is 8.97. The fourth-order valence-electron chi connectivity index (χ4n) is 4.85. The maximum Gasteiger partial charge on any atom is 0.270 e. The molecule has 1 aromatic carbocycles. The second kappa shape index (κ2) is 9.53. The molecule has 2 saturated heterocycles. The van der Waals surface area contributed by atoms with Gasteiger partial charge in [0.15, 0.2) is 0 Å². The van der Waals surface area contributed by atoms with Crippen LogP contribution in [0.1, 0.15) is 43.1 Å². The lowest BCUT2D eigenvalue weighted by Crippen LogP contribution is -2.49. The summed E-state index contributed by atoms with van der Waals surface area (Å²) >= 11 is 0. The summed E-state index contributed by atoms with van der Waals surface area (Å²) in [5.74, 6) is -0.174. The number of rotatable bonds is 6. The summed E-state index contributed by atoms with van der Waals surface area (Å²) in [5, 5.41) is 16.0. The largest absolute Gasteiger partial charge is 0.496 e. The maximum atomic E-state index is 13.3. The molecule has 9 heteroatoms. The van der Waals surface area contributed by atoms with Crippen molar-refractivity contribution in [3.63, 3.8) is 0 Å². The first-order chi connectivity index (χ1) is 15.9. The number of methoxy groups -OCH3 is 1. The molecule has 0 saturated carbocycles. The Morgan fingerprint density at radius 3 is 2.94 bits per heavy atom. The zero-order valence-corrected chi connectivity index (χ0v) is 18.9. The third kappa shape index (κ3) is 4.65. The Bertz CT molecular complexity index is 1100. The van der Waals surface area contributed by atoms with E-state index in [9.17, 15) is 19.6 Å². The van der Waals surface area contributed by atoms with Crippen molar-refractivity contribution < 1.29 is 19.1 Å². The van der Waals surface area contributed by atoms with Crippen LogP contribution in [-0.4, -0.2) is 59.9 Å². The van der Waals surface area contributed by atoms with Gasteiger partial charge >= 0.3 is 0 Å². The van der Waals surface area contributed by atoms with Crippen LogP contribution in [0.4, 0.5) is 0 Å². The van der Waals surface area contributed by atoms with Crippen LogP contribution in [0.15, 0.2) is 24.3 Å². The van der Waals surface area contributed by atoms with Crippen LogP contribution in [0.25, 0.3) is 10.9 Å². The lowest BCUT2D eigenvalue weighted by Gasteiger charge is -2.27. The first-order valence-electron chi connectivity index (χ1n) is 11.4. The molecule has 174 valence electrons. The van der Waals surface area contributed by atoms with Crippen molar-refractivity contribution in [2.24, 2.45) is 11.8 Å². The minimum atomic E-state index is -0.781. The van der Waals surface area contributed by atoms with E-state index in [1.807, 2.05) is 25.1 Å². The number of likely N-dealkylation sites (tertiary alicyclic amines) is 1. The van der Waals surface area contributed by atoms with Gasteiger partial charge in [0.05, 0.1) is 13.2 Å². The van der Waals surface area contributed by atoms with Gasteiger partial charge in [-0.15, -0.1) is 0 Å². The van der Waals surface area contributed by atoms with E-state index in [0.717, 1.165) is 17.3 Å². The molecule has 4 rings (SSSR count). The zero-order valence-electron chi connectivity index (χ0n) is 18.9. The quantitative estimate of drug-likeness (QED) is 0.619. The molecule has 3 amide bonds. The Morgan fingerprint density at radius 2 is 2.21 bits per heavy atom. The van der Waals surface area contributed by atoms with E-state index in [1.165, 1.54) is 0 Å². The predicted octanol–water partition coefficient (Wildman–Crippen LogP) is 1.95. The number of ether oxygens (including phenoxy) is 1. The number of H-pyrrole nitrogens is 1. The lowest BCUT2D eigenvalue weighted by molar-refractivity contribution is -0.128. The summed E-state index contributed by atoms with van der Waals surface area (Å²) in [6.45, 7) is 3.09. The molecule has 3 heterocycles. The summed E-state index contributed by atoms with van der Waals surface area (Å²) in [5.41, 5.74) is 1.17. The zero-order chi connectivity index (χ0) is 23.5. The molecule has 1 aromatic heterocycles. The molecule has 0 radical (unpaired) electrons. The van der Waals surface area contributed by atoms with Crippen LogP contribution in [0.2, 0.25) is 0 Å². The van der Waals surface area contributed by atoms with Crippen LogP contribution in [0, 0.1) is 23.2 Å². The molecule has 2 aliphatic heterocycles. The van der Waals surface area contributed by atoms with E-state index >= 15 is 0 Å². The van der Waals surface area contributed by atoms with Crippen LogP contribution < -0.4 is 15.4 Å². The number of hydrogen-bond donors (Lipinski definition) is 3. The summed E-state index contributed by atoms with van der Waals surface area (Å²) < 4.78 is 5.38. The molecular weight excluding hydrogens is 422 g/mol. The number of aromatic nitrogens is 1. The van der Waals surface area contributed by atoms with Gasteiger partial charge in [-0.3, -0.25) is 14.4 Å². The Balaban J connectivity index is 1.48. The average molecular weight is 452 g/mol. The normalized spacial score (nSPS) is 23.6. The molecule has 4 atom stereocenters. The molecule has 0 aliphatic carbocycles. The summed E-state index contributed by atoms with van der Waals surface area (Å²) in [6, 6.07) is 7.93. The highest BCUT2D eigenvalue weighted by molar-refractivity contribution is 6.01. The van der Waals surface area contributed by atoms with Crippen molar-refractivity contribution in [1.29, 1.82) is 5.26 Å². The third-order valence-electron chi connectivity index (χ3n) is 6.54. The fraction of sp³-hybridized carbons (Fsp3) is 0.500. The lowest BCUT2D eigenvalue weighted by atomic mass is 9.92. The van der Waals surface area contributed by atoms with E-state index in [4.69, 9.17) is 4.74 Å². The maximum absolute atomic E-state index is 13.3.